The fourth-order valence-electron chi connectivity index (χ4n) is 3.22. The van der Waals surface area contributed by atoms with Crippen molar-refractivity contribution in [1.82, 2.24) is 0 Å². The van der Waals surface area contributed by atoms with Crippen LogP contribution in [0, 0.1) is 16.7 Å². The highest BCUT2D eigenvalue weighted by atomic mass is 16.4. The van der Waals surface area contributed by atoms with Crippen LogP contribution in [0.4, 0.5) is 0 Å². The first-order chi connectivity index (χ1) is 9.14. The zero-order chi connectivity index (χ0) is 13.9. The van der Waals surface area contributed by atoms with Crippen LogP contribution >= 0.6 is 0 Å². The minimum absolute atomic E-state index is 0.221. The predicted octanol–water partition coefficient (Wildman–Crippen LogP) is 2.25. The molecule has 0 bridgehead atoms. The van der Waals surface area contributed by atoms with Gasteiger partial charge in [0.2, 0.25) is 0 Å². The number of nitrogens with two attached hydrogens (primary N) is 1. The third-order valence-electron chi connectivity index (χ3n) is 4.24. The second kappa shape index (κ2) is 5.41. The van der Waals surface area contributed by atoms with E-state index in [4.69, 9.17) is 11.0 Å². The second-order valence-electron chi connectivity index (χ2n) is 5.19. The van der Waals surface area contributed by atoms with Gasteiger partial charge in [0.15, 0.2) is 0 Å². The van der Waals surface area contributed by atoms with Gasteiger partial charge in [-0.15, -0.1) is 0 Å². The molecule has 0 amide bonds. The Morgan fingerprint density at radius 2 is 2.16 bits per heavy atom. The largest absolute Gasteiger partial charge is 0.481 e. The highest BCUT2D eigenvalue weighted by Gasteiger charge is 2.47. The lowest BCUT2D eigenvalue weighted by atomic mass is 9.70. The summed E-state index contributed by atoms with van der Waals surface area (Å²) in [6.45, 7) is 0.293. The first-order valence-electron chi connectivity index (χ1n) is 6.57. The fraction of sp³-hybridized carbons (Fsp3) is 0.467. The predicted molar refractivity (Wildman–Crippen MR) is 71.5 cm³/mol. The fourth-order valence-corrected chi connectivity index (χ4v) is 3.22. The molecule has 0 saturated heterocycles. The third-order valence-corrected chi connectivity index (χ3v) is 4.24. The molecule has 0 aromatic heterocycles. The summed E-state index contributed by atoms with van der Waals surface area (Å²) in [4.78, 5) is 11.7. The summed E-state index contributed by atoms with van der Waals surface area (Å²) < 4.78 is 0. The quantitative estimate of drug-likeness (QED) is 0.867. The van der Waals surface area contributed by atoms with E-state index < -0.39 is 11.4 Å². The number of carboxylic acids is 1. The van der Waals surface area contributed by atoms with Crippen molar-refractivity contribution >= 4 is 5.97 Å². The highest BCUT2D eigenvalue weighted by molar-refractivity contribution is 5.76. The summed E-state index contributed by atoms with van der Waals surface area (Å²) in [5.74, 6) is -0.983. The SMILES string of the molecule is N#Cc1cccc([C@@H](CN)C2(C(=O)O)CCCC2)c1. The lowest BCUT2D eigenvalue weighted by Gasteiger charge is -2.33. The Morgan fingerprint density at radius 1 is 1.47 bits per heavy atom. The van der Waals surface area contributed by atoms with E-state index in [1.807, 2.05) is 6.07 Å². The molecular formula is C15H18N2O2. The van der Waals surface area contributed by atoms with Gasteiger partial charge in [-0.25, -0.2) is 0 Å². The molecule has 0 radical (unpaired) electrons. The molecule has 1 fully saturated rings. The maximum atomic E-state index is 11.7. The van der Waals surface area contributed by atoms with Crippen LogP contribution in [0.1, 0.15) is 42.7 Å². The van der Waals surface area contributed by atoms with Gasteiger partial charge in [-0.05, 0) is 30.5 Å². The summed E-state index contributed by atoms with van der Waals surface area (Å²) >= 11 is 0. The molecular weight excluding hydrogens is 240 g/mol. The van der Waals surface area contributed by atoms with Crippen LogP contribution in [0.25, 0.3) is 0 Å². The van der Waals surface area contributed by atoms with E-state index in [0.717, 1.165) is 18.4 Å². The van der Waals surface area contributed by atoms with Gasteiger partial charge in [-0.3, -0.25) is 4.79 Å². The average Bonchev–Trinajstić information content (AvgIpc) is 2.90. The van der Waals surface area contributed by atoms with Crippen LogP contribution in [0.2, 0.25) is 0 Å². The minimum Gasteiger partial charge on any atom is -0.481 e. The lowest BCUT2D eigenvalue weighted by Crippen LogP contribution is -2.38. The van der Waals surface area contributed by atoms with Gasteiger partial charge in [0.05, 0.1) is 17.0 Å². The Kier molecular flexibility index (Phi) is 3.87. The molecule has 1 aliphatic rings. The Morgan fingerprint density at radius 3 is 2.68 bits per heavy atom. The molecule has 0 spiro atoms. The molecule has 1 aromatic carbocycles. The van der Waals surface area contributed by atoms with Crippen LogP contribution in [0.5, 0.6) is 0 Å². The maximum absolute atomic E-state index is 11.7. The summed E-state index contributed by atoms with van der Waals surface area (Å²) in [7, 11) is 0. The van der Waals surface area contributed by atoms with Crippen molar-refractivity contribution in [3.63, 3.8) is 0 Å². The van der Waals surface area contributed by atoms with Gasteiger partial charge in [0.25, 0.3) is 0 Å². The Balaban J connectivity index is 2.43. The molecule has 1 aromatic rings. The van der Waals surface area contributed by atoms with Crippen molar-refractivity contribution in [2.75, 3.05) is 6.54 Å². The van der Waals surface area contributed by atoms with Crippen molar-refractivity contribution in [1.29, 1.82) is 5.26 Å². The van der Waals surface area contributed by atoms with Gasteiger partial charge >= 0.3 is 5.97 Å². The van der Waals surface area contributed by atoms with E-state index in [0.29, 0.717) is 24.9 Å². The molecule has 100 valence electrons. The number of hydrogen-bond donors (Lipinski definition) is 2. The van der Waals surface area contributed by atoms with Crippen LogP contribution in [0.15, 0.2) is 24.3 Å². The van der Waals surface area contributed by atoms with E-state index >= 15 is 0 Å². The molecule has 0 aliphatic heterocycles. The smallest absolute Gasteiger partial charge is 0.310 e. The van der Waals surface area contributed by atoms with E-state index in [-0.39, 0.29) is 5.92 Å². The number of nitrogens with zero attached hydrogens (tertiary/aromatic N) is 1. The van der Waals surface area contributed by atoms with Crippen LogP contribution in [0.3, 0.4) is 0 Å². The van der Waals surface area contributed by atoms with Gasteiger partial charge in [0, 0.05) is 12.5 Å². The van der Waals surface area contributed by atoms with Crippen molar-refractivity contribution in [3.05, 3.63) is 35.4 Å². The van der Waals surface area contributed by atoms with Crippen molar-refractivity contribution in [2.45, 2.75) is 31.6 Å². The van der Waals surface area contributed by atoms with E-state index in [1.54, 1.807) is 18.2 Å². The lowest BCUT2D eigenvalue weighted by molar-refractivity contribution is -0.150. The summed E-state index contributed by atoms with van der Waals surface area (Å²) in [5, 5.41) is 18.6. The standard InChI is InChI=1S/C15H18N2O2/c16-9-11-4-3-5-12(8-11)13(10-17)15(14(18)19)6-1-2-7-15/h3-5,8,13H,1-2,6-7,10,17H2,(H,18,19)/t13-/m1/s1. The summed E-state index contributed by atoms with van der Waals surface area (Å²) in [5.41, 5.74) is 6.51. The zero-order valence-corrected chi connectivity index (χ0v) is 10.8. The number of rotatable bonds is 4. The third kappa shape index (κ3) is 2.34. The molecule has 4 heteroatoms. The number of aliphatic carboxylic acids is 1. The van der Waals surface area contributed by atoms with Gasteiger partial charge in [-0.1, -0.05) is 25.0 Å². The minimum atomic E-state index is -0.761. The molecule has 4 nitrogen and oxygen atoms in total. The van der Waals surface area contributed by atoms with Crippen LogP contribution in [-0.2, 0) is 4.79 Å². The molecule has 0 heterocycles. The molecule has 1 atom stereocenters. The molecule has 3 N–H and O–H groups in total. The number of hydrogen-bond acceptors (Lipinski definition) is 3. The highest BCUT2D eigenvalue weighted by Crippen LogP contribution is 2.48. The molecule has 1 aliphatic carbocycles. The first-order valence-corrected chi connectivity index (χ1v) is 6.57. The Hall–Kier alpha value is -1.86. The number of nitriles is 1. The molecule has 1 saturated carbocycles. The maximum Gasteiger partial charge on any atom is 0.310 e. The second-order valence-corrected chi connectivity index (χ2v) is 5.19. The van der Waals surface area contributed by atoms with E-state index in [9.17, 15) is 9.90 Å². The summed E-state index contributed by atoms with van der Waals surface area (Å²) in [6.07, 6.45) is 3.20. The number of carboxylic acid groups (broad SMARTS) is 1. The normalized spacial score (nSPS) is 18.7. The first kappa shape index (κ1) is 13.6. The number of benzene rings is 1. The van der Waals surface area contributed by atoms with Gasteiger partial charge in [0.1, 0.15) is 0 Å². The monoisotopic (exact) mass is 258 g/mol. The van der Waals surface area contributed by atoms with Gasteiger partial charge in [-0.2, -0.15) is 5.26 Å². The van der Waals surface area contributed by atoms with Crippen LogP contribution in [-0.4, -0.2) is 17.6 Å². The van der Waals surface area contributed by atoms with Crippen LogP contribution < -0.4 is 5.73 Å². The van der Waals surface area contributed by atoms with Crippen molar-refractivity contribution in [2.24, 2.45) is 11.1 Å². The molecule has 2 rings (SSSR count). The number of carbonyl (C=O) groups is 1. The average molecular weight is 258 g/mol. The van der Waals surface area contributed by atoms with Crippen molar-refractivity contribution in [3.8, 4) is 6.07 Å². The Bertz CT molecular complexity index is 513. The molecule has 0 unspecified atom stereocenters. The van der Waals surface area contributed by atoms with Crippen molar-refractivity contribution < 1.29 is 9.90 Å². The topological polar surface area (TPSA) is 87.1 Å². The van der Waals surface area contributed by atoms with E-state index in [1.165, 1.54) is 0 Å². The van der Waals surface area contributed by atoms with E-state index in [2.05, 4.69) is 6.07 Å². The van der Waals surface area contributed by atoms with Gasteiger partial charge < -0.3 is 10.8 Å². The zero-order valence-electron chi connectivity index (χ0n) is 10.8. The summed E-state index contributed by atoms with van der Waals surface area (Å²) in [6, 6.07) is 9.25. The molecule has 19 heavy (non-hydrogen) atoms. The Labute approximate surface area is 112 Å².